The van der Waals surface area contributed by atoms with Gasteiger partial charge in [-0.3, -0.25) is 4.79 Å². The van der Waals surface area contributed by atoms with Crippen LogP contribution in [0.2, 0.25) is 0 Å². The van der Waals surface area contributed by atoms with E-state index < -0.39 is 0 Å². The molecule has 2 rings (SSSR count). The molecule has 0 unspecified atom stereocenters. The van der Waals surface area contributed by atoms with Gasteiger partial charge in [-0.25, -0.2) is 0 Å². The van der Waals surface area contributed by atoms with Crippen molar-refractivity contribution in [2.45, 2.75) is 20.3 Å². The van der Waals surface area contributed by atoms with Gasteiger partial charge in [0.2, 0.25) is 0 Å². The Hall–Kier alpha value is -1.03. The fourth-order valence-corrected chi connectivity index (χ4v) is 2.90. The maximum Gasteiger partial charge on any atom is 0.260 e. The second kappa shape index (κ2) is 6.42. The Morgan fingerprint density at radius 3 is 2.42 bits per heavy atom. The lowest BCUT2D eigenvalue weighted by Gasteiger charge is -2.34. The second-order valence-corrected chi connectivity index (χ2v) is 6.40. The van der Waals surface area contributed by atoms with Crippen LogP contribution >= 0.6 is 15.9 Å². The molecule has 1 heterocycles. The Morgan fingerprint density at radius 2 is 1.84 bits per heavy atom. The molecule has 1 saturated heterocycles. The molecule has 0 N–H and O–H groups in total. The molecule has 0 saturated carbocycles. The number of hydrogen-bond acceptors (Lipinski definition) is 2. The van der Waals surface area contributed by atoms with E-state index in [0.29, 0.717) is 11.8 Å². The fraction of sp³-hybridized carbons (Fsp3) is 0.533. The molecule has 0 aromatic heterocycles. The third-order valence-electron chi connectivity index (χ3n) is 3.40. The van der Waals surface area contributed by atoms with Gasteiger partial charge in [0.15, 0.2) is 6.61 Å². The highest BCUT2D eigenvalue weighted by Gasteiger charge is 2.25. The predicted molar refractivity (Wildman–Crippen MR) is 79.2 cm³/mol. The highest BCUT2D eigenvalue weighted by atomic mass is 79.9. The van der Waals surface area contributed by atoms with E-state index in [9.17, 15) is 4.79 Å². The van der Waals surface area contributed by atoms with Crippen molar-refractivity contribution in [1.29, 1.82) is 0 Å². The van der Waals surface area contributed by atoms with Crippen LogP contribution in [0, 0.1) is 11.8 Å². The summed E-state index contributed by atoms with van der Waals surface area (Å²) in [5.41, 5.74) is 0. The molecule has 0 spiro atoms. The van der Waals surface area contributed by atoms with Gasteiger partial charge in [0.05, 0.1) is 0 Å². The van der Waals surface area contributed by atoms with Crippen LogP contribution in [0.25, 0.3) is 0 Å². The maximum atomic E-state index is 12.1. The van der Waals surface area contributed by atoms with E-state index in [1.165, 1.54) is 6.42 Å². The molecule has 2 atom stereocenters. The molecule has 1 aliphatic heterocycles. The Morgan fingerprint density at radius 1 is 1.26 bits per heavy atom. The third-order valence-corrected chi connectivity index (χ3v) is 3.93. The average Bonchev–Trinajstić information content (AvgIpc) is 2.36. The molecule has 1 aliphatic rings. The molecule has 1 amide bonds. The summed E-state index contributed by atoms with van der Waals surface area (Å²) in [6, 6.07) is 7.54. The van der Waals surface area contributed by atoms with E-state index in [0.717, 1.165) is 23.3 Å². The first-order valence-electron chi connectivity index (χ1n) is 6.70. The highest BCUT2D eigenvalue weighted by Crippen LogP contribution is 2.21. The summed E-state index contributed by atoms with van der Waals surface area (Å²) >= 11 is 3.37. The number of likely N-dealkylation sites (tertiary alicyclic amines) is 1. The molecule has 104 valence electrons. The van der Waals surface area contributed by atoms with Gasteiger partial charge in [-0.2, -0.15) is 0 Å². The van der Waals surface area contributed by atoms with Gasteiger partial charge in [0.1, 0.15) is 5.75 Å². The molecule has 0 bridgehead atoms. The maximum absolute atomic E-state index is 12.1. The lowest BCUT2D eigenvalue weighted by Crippen LogP contribution is -2.44. The van der Waals surface area contributed by atoms with Crippen molar-refractivity contribution >= 4 is 21.8 Å². The van der Waals surface area contributed by atoms with Crippen LogP contribution in [-0.2, 0) is 4.79 Å². The van der Waals surface area contributed by atoms with Crippen molar-refractivity contribution in [3.8, 4) is 5.75 Å². The van der Waals surface area contributed by atoms with E-state index in [1.807, 2.05) is 29.2 Å². The van der Waals surface area contributed by atoms with Gasteiger partial charge in [0.25, 0.3) is 5.91 Å². The first-order valence-corrected chi connectivity index (χ1v) is 7.50. The minimum absolute atomic E-state index is 0.0846. The summed E-state index contributed by atoms with van der Waals surface area (Å²) in [5, 5.41) is 0. The van der Waals surface area contributed by atoms with Gasteiger partial charge in [-0.15, -0.1) is 0 Å². The quantitative estimate of drug-likeness (QED) is 0.853. The number of amides is 1. The lowest BCUT2D eigenvalue weighted by molar-refractivity contribution is -0.136. The molecule has 0 radical (unpaired) electrons. The molecule has 3 nitrogen and oxygen atoms in total. The largest absolute Gasteiger partial charge is 0.484 e. The number of benzene rings is 1. The van der Waals surface area contributed by atoms with E-state index in [2.05, 4.69) is 29.8 Å². The van der Waals surface area contributed by atoms with Crippen LogP contribution in [-0.4, -0.2) is 30.5 Å². The first kappa shape index (κ1) is 14.4. The minimum atomic E-state index is 0.0846. The van der Waals surface area contributed by atoms with Gasteiger partial charge in [-0.1, -0.05) is 29.8 Å². The van der Waals surface area contributed by atoms with Crippen molar-refractivity contribution in [3.63, 3.8) is 0 Å². The number of piperidine rings is 1. The monoisotopic (exact) mass is 325 g/mol. The first-order chi connectivity index (χ1) is 9.04. The van der Waals surface area contributed by atoms with E-state index in [-0.39, 0.29) is 12.5 Å². The van der Waals surface area contributed by atoms with Crippen LogP contribution in [0.3, 0.4) is 0 Å². The zero-order valence-corrected chi connectivity index (χ0v) is 13.0. The number of nitrogens with zero attached hydrogens (tertiary/aromatic N) is 1. The molecule has 4 heteroatoms. The molecule has 1 aromatic rings. The minimum Gasteiger partial charge on any atom is -0.484 e. The molecule has 1 fully saturated rings. The number of ether oxygens (including phenoxy) is 1. The van der Waals surface area contributed by atoms with Crippen molar-refractivity contribution in [2.24, 2.45) is 11.8 Å². The van der Waals surface area contributed by atoms with Crippen LogP contribution in [0.4, 0.5) is 0 Å². The summed E-state index contributed by atoms with van der Waals surface area (Å²) in [7, 11) is 0. The summed E-state index contributed by atoms with van der Waals surface area (Å²) in [6.45, 7) is 6.23. The molecular weight excluding hydrogens is 306 g/mol. The molecular formula is C15H20BrNO2. The smallest absolute Gasteiger partial charge is 0.260 e. The fourth-order valence-electron chi connectivity index (χ4n) is 2.63. The van der Waals surface area contributed by atoms with Crippen LogP contribution in [0.5, 0.6) is 5.75 Å². The Bertz CT molecular complexity index is 422. The number of carbonyl (C=O) groups is 1. The summed E-state index contributed by atoms with van der Waals surface area (Å²) in [4.78, 5) is 14.0. The molecule has 0 aliphatic carbocycles. The van der Waals surface area contributed by atoms with Gasteiger partial charge in [-0.05, 0) is 42.5 Å². The summed E-state index contributed by atoms with van der Waals surface area (Å²) in [5.74, 6) is 1.98. The average molecular weight is 326 g/mol. The van der Waals surface area contributed by atoms with E-state index in [4.69, 9.17) is 4.74 Å². The predicted octanol–water partition coefficient (Wildman–Crippen LogP) is 3.33. The highest BCUT2D eigenvalue weighted by molar-refractivity contribution is 9.10. The van der Waals surface area contributed by atoms with Crippen molar-refractivity contribution < 1.29 is 9.53 Å². The van der Waals surface area contributed by atoms with Crippen molar-refractivity contribution in [3.05, 3.63) is 28.7 Å². The molecule has 1 aromatic carbocycles. The Balaban J connectivity index is 1.85. The zero-order valence-electron chi connectivity index (χ0n) is 11.4. The van der Waals surface area contributed by atoms with Crippen LogP contribution in [0.15, 0.2) is 28.7 Å². The second-order valence-electron chi connectivity index (χ2n) is 5.49. The van der Waals surface area contributed by atoms with Crippen molar-refractivity contribution in [2.75, 3.05) is 19.7 Å². The van der Waals surface area contributed by atoms with Gasteiger partial charge < -0.3 is 9.64 Å². The number of hydrogen-bond donors (Lipinski definition) is 0. The zero-order chi connectivity index (χ0) is 13.8. The SMILES string of the molecule is C[C@H]1C[C@H](C)CN(C(=O)COc2ccc(Br)cc2)C1. The molecule has 19 heavy (non-hydrogen) atoms. The number of carbonyl (C=O) groups excluding carboxylic acids is 1. The van der Waals surface area contributed by atoms with Crippen LogP contribution < -0.4 is 4.74 Å². The topological polar surface area (TPSA) is 29.5 Å². The van der Waals surface area contributed by atoms with Crippen LogP contribution in [0.1, 0.15) is 20.3 Å². The third kappa shape index (κ3) is 4.23. The lowest BCUT2D eigenvalue weighted by atomic mass is 9.92. The summed E-state index contributed by atoms with van der Waals surface area (Å²) in [6.07, 6.45) is 1.21. The Labute approximate surface area is 123 Å². The van der Waals surface area contributed by atoms with E-state index in [1.54, 1.807) is 0 Å². The van der Waals surface area contributed by atoms with Gasteiger partial charge in [0, 0.05) is 17.6 Å². The number of rotatable bonds is 3. The Kier molecular flexibility index (Phi) is 4.86. The standard InChI is InChI=1S/C15H20BrNO2/c1-11-7-12(2)9-17(8-11)15(18)10-19-14-5-3-13(16)4-6-14/h3-6,11-12H,7-10H2,1-2H3/t11-,12-/m0/s1. The number of halogens is 1. The van der Waals surface area contributed by atoms with Crippen molar-refractivity contribution in [1.82, 2.24) is 4.90 Å². The van der Waals surface area contributed by atoms with Gasteiger partial charge >= 0.3 is 0 Å². The van der Waals surface area contributed by atoms with E-state index >= 15 is 0 Å². The normalized spacial score (nSPS) is 23.2. The summed E-state index contributed by atoms with van der Waals surface area (Å²) < 4.78 is 6.54.